The first-order valence-electron chi connectivity index (χ1n) is 5.96. The Bertz CT molecular complexity index is 435. The fourth-order valence-electron chi connectivity index (χ4n) is 2.16. The zero-order valence-electron chi connectivity index (χ0n) is 10.2. The number of hydrogen-bond donors (Lipinski definition) is 0. The lowest BCUT2D eigenvalue weighted by Crippen LogP contribution is -2.35. The number of piperidine rings is 1. The molecule has 0 N–H and O–H groups in total. The largest absolute Gasteiger partial charge is 0.492 e. The lowest BCUT2D eigenvalue weighted by Gasteiger charge is -2.26. The Hall–Kier alpha value is -1.10. The quantitative estimate of drug-likeness (QED) is 0.838. The van der Waals surface area contributed by atoms with E-state index in [1.165, 1.54) is 13.2 Å². The van der Waals surface area contributed by atoms with E-state index < -0.39 is 5.82 Å². The molecule has 0 bridgehead atoms. The summed E-state index contributed by atoms with van der Waals surface area (Å²) in [6.07, 6.45) is 3.20. The van der Waals surface area contributed by atoms with Crippen LogP contribution in [0.2, 0.25) is 0 Å². The van der Waals surface area contributed by atoms with E-state index in [0.29, 0.717) is 10.0 Å². The lowest BCUT2D eigenvalue weighted by molar-refractivity contribution is 0.0723. The van der Waals surface area contributed by atoms with Gasteiger partial charge in [-0.3, -0.25) is 4.79 Å². The molecule has 0 atom stereocenters. The van der Waals surface area contributed by atoms with Crippen LogP contribution in [0, 0.1) is 5.82 Å². The van der Waals surface area contributed by atoms with Gasteiger partial charge in [-0.05, 0) is 47.3 Å². The van der Waals surface area contributed by atoms with Crippen LogP contribution in [0.4, 0.5) is 4.39 Å². The molecule has 5 heteroatoms. The van der Waals surface area contributed by atoms with Crippen molar-refractivity contribution in [2.24, 2.45) is 0 Å². The van der Waals surface area contributed by atoms with Gasteiger partial charge in [0.2, 0.25) is 0 Å². The summed E-state index contributed by atoms with van der Waals surface area (Å²) in [5, 5.41) is 0. The maximum atomic E-state index is 13.7. The van der Waals surface area contributed by atoms with Crippen LogP contribution < -0.4 is 4.74 Å². The summed E-state index contributed by atoms with van der Waals surface area (Å²) in [4.78, 5) is 14.0. The molecule has 0 spiro atoms. The first-order valence-corrected chi connectivity index (χ1v) is 6.75. The van der Waals surface area contributed by atoms with E-state index in [-0.39, 0.29) is 11.7 Å². The number of methoxy groups -OCH3 is 1. The zero-order valence-corrected chi connectivity index (χ0v) is 11.8. The Morgan fingerprint density at radius 2 is 2.00 bits per heavy atom. The summed E-state index contributed by atoms with van der Waals surface area (Å²) in [5.41, 5.74) is 0.363. The van der Waals surface area contributed by atoms with Gasteiger partial charge in [-0.1, -0.05) is 0 Å². The van der Waals surface area contributed by atoms with Crippen LogP contribution in [-0.2, 0) is 0 Å². The van der Waals surface area contributed by atoms with Gasteiger partial charge in [0.25, 0.3) is 5.91 Å². The third kappa shape index (κ3) is 2.66. The van der Waals surface area contributed by atoms with Gasteiger partial charge >= 0.3 is 0 Å². The van der Waals surface area contributed by atoms with Crippen molar-refractivity contribution in [2.75, 3.05) is 20.2 Å². The van der Waals surface area contributed by atoms with Crippen molar-refractivity contribution < 1.29 is 13.9 Å². The molecule has 1 aliphatic heterocycles. The highest BCUT2D eigenvalue weighted by Crippen LogP contribution is 2.30. The molecule has 1 heterocycles. The molecule has 1 amide bonds. The van der Waals surface area contributed by atoms with Crippen LogP contribution >= 0.6 is 15.9 Å². The first kappa shape index (κ1) is 13.3. The highest BCUT2D eigenvalue weighted by Gasteiger charge is 2.20. The number of amides is 1. The van der Waals surface area contributed by atoms with Gasteiger partial charge in [0, 0.05) is 18.7 Å². The maximum absolute atomic E-state index is 13.7. The molecular weight excluding hydrogens is 301 g/mol. The number of benzene rings is 1. The maximum Gasteiger partial charge on any atom is 0.254 e. The van der Waals surface area contributed by atoms with Crippen molar-refractivity contribution in [3.63, 3.8) is 0 Å². The molecule has 98 valence electrons. The highest BCUT2D eigenvalue weighted by molar-refractivity contribution is 9.10. The monoisotopic (exact) mass is 315 g/mol. The first-order chi connectivity index (χ1) is 8.63. The van der Waals surface area contributed by atoms with Crippen molar-refractivity contribution in [2.45, 2.75) is 19.3 Å². The summed E-state index contributed by atoms with van der Waals surface area (Å²) in [5.74, 6) is -0.505. The van der Waals surface area contributed by atoms with Gasteiger partial charge in [-0.2, -0.15) is 0 Å². The van der Waals surface area contributed by atoms with E-state index >= 15 is 0 Å². The predicted octanol–water partition coefficient (Wildman–Crippen LogP) is 3.22. The molecule has 0 aliphatic carbocycles. The van der Waals surface area contributed by atoms with Crippen molar-refractivity contribution in [3.05, 3.63) is 28.0 Å². The molecule has 3 nitrogen and oxygen atoms in total. The summed E-state index contributed by atoms with van der Waals surface area (Å²) < 4.78 is 19.1. The Morgan fingerprint density at radius 1 is 1.33 bits per heavy atom. The van der Waals surface area contributed by atoms with Gasteiger partial charge in [0.15, 0.2) is 11.6 Å². The SMILES string of the molecule is COc1c(F)cc(C(=O)N2CCCCC2)cc1Br. The van der Waals surface area contributed by atoms with E-state index in [2.05, 4.69) is 15.9 Å². The Morgan fingerprint density at radius 3 is 2.56 bits per heavy atom. The van der Waals surface area contributed by atoms with Crippen LogP contribution in [0.5, 0.6) is 5.75 Å². The van der Waals surface area contributed by atoms with Gasteiger partial charge in [-0.15, -0.1) is 0 Å². The number of carbonyl (C=O) groups excluding carboxylic acids is 1. The number of rotatable bonds is 2. The molecule has 0 saturated carbocycles. The van der Waals surface area contributed by atoms with Crippen molar-refractivity contribution in [3.8, 4) is 5.75 Å². The number of ether oxygens (including phenoxy) is 1. The average molecular weight is 316 g/mol. The smallest absolute Gasteiger partial charge is 0.254 e. The number of likely N-dealkylation sites (tertiary alicyclic amines) is 1. The standard InChI is InChI=1S/C13H15BrFNO2/c1-18-12-10(14)7-9(8-11(12)15)13(17)16-5-3-2-4-6-16/h7-8H,2-6H2,1H3. The van der Waals surface area contributed by atoms with Crippen LogP contribution in [0.3, 0.4) is 0 Å². The van der Waals surface area contributed by atoms with E-state index in [1.54, 1.807) is 11.0 Å². The normalized spacial score (nSPS) is 15.6. The highest BCUT2D eigenvalue weighted by atomic mass is 79.9. The summed E-state index contributed by atoms with van der Waals surface area (Å²) in [6.45, 7) is 1.51. The van der Waals surface area contributed by atoms with E-state index in [4.69, 9.17) is 4.74 Å². The lowest BCUT2D eigenvalue weighted by atomic mass is 10.1. The number of nitrogens with zero attached hydrogens (tertiary/aromatic N) is 1. The summed E-state index contributed by atoms with van der Waals surface area (Å²) >= 11 is 3.21. The molecule has 1 fully saturated rings. The second-order valence-electron chi connectivity index (χ2n) is 4.33. The minimum atomic E-state index is -0.521. The molecular formula is C13H15BrFNO2. The second-order valence-corrected chi connectivity index (χ2v) is 5.18. The number of halogens is 2. The van der Waals surface area contributed by atoms with Gasteiger partial charge < -0.3 is 9.64 Å². The predicted molar refractivity (Wildman–Crippen MR) is 70.4 cm³/mol. The van der Waals surface area contributed by atoms with Crippen molar-refractivity contribution >= 4 is 21.8 Å². The minimum absolute atomic E-state index is 0.114. The Kier molecular flexibility index (Phi) is 4.22. The van der Waals surface area contributed by atoms with Crippen LogP contribution in [0.25, 0.3) is 0 Å². The van der Waals surface area contributed by atoms with Crippen LogP contribution in [0.1, 0.15) is 29.6 Å². The van der Waals surface area contributed by atoms with E-state index in [9.17, 15) is 9.18 Å². The average Bonchev–Trinajstić information content (AvgIpc) is 2.38. The topological polar surface area (TPSA) is 29.5 Å². The van der Waals surface area contributed by atoms with Crippen LogP contribution in [0.15, 0.2) is 16.6 Å². The molecule has 1 aliphatic rings. The Balaban J connectivity index is 2.25. The third-order valence-corrected chi connectivity index (χ3v) is 3.68. The zero-order chi connectivity index (χ0) is 13.1. The van der Waals surface area contributed by atoms with Crippen LogP contribution in [-0.4, -0.2) is 31.0 Å². The van der Waals surface area contributed by atoms with Gasteiger partial charge in [0.05, 0.1) is 11.6 Å². The summed E-state index contributed by atoms with van der Waals surface area (Å²) in [6, 6.07) is 2.85. The second kappa shape index (κ2) is 5.69. The molecule has 18 heavy (non-hydrogen) atoms. The van der Waals surface area contributed by atoms with E-state index in [0.717, 1.165) is 32.4 Å². The molecule has 1 aromatic rings. The fraction of sp³-hybridized carbons (Fsp3) is 0.462. The van der Waals surface area contributed by atoms with Gasteiger partial charge in [0.1, 0.15) is 0 Å². The van der Waals surface area contributed by atoms with Crippen molar-refractivity contribution in [1.82, 2.24) is 4.90 Å². The van der Waals surface area contributed by atoms with Gasteiger partial charge in [-0.25, -0.2) is 4.39 Å². The van der Waals surface area contributed by atoms with E-state index in [1.807, 2.05) is 0 Å². The summed E-state index contributed by atoms with van der Waals surface area (Å²) in [7, 11) is 1.40. The van der Waals surface area contributed by atoms with Crippen molar-refractivity contribution in [1.29, 1.82) is 0 Å². The number of carbonyl (C=O) groups is 1. The molecule has 1 saturated heterocycles. The molecule has 2 rings (SSSR count). The molecule has 0 aromatic heterocycles. The molecule has 0 unspecified atom stereocenters. The number of hydrogen-bond acceptors (Lipinski definition) is 2. The Labute approximate surface area is 114 Å². The third-order valence-electron chi connectivity index (χ3n) is 3.09. The molecule has 1 aromatic carbocycles. The minimum Gasteiger partial charge on any atom is -0.492 e. The molecule has 0 radical (unpaired) electrons. The fourth-order valence-corrected chi connectivity index (χ4v) is 2.76.